The number of nitrogens with zero attached hydrogens (tertiary/aromatic N) is 5. The number of rotatable bonds is 6. The Morgan fingerprint density at radius 1 is 1.09 bits per heavy atom. The molecule has 1 amide bonds. The number of likely N-dealkylation sites (N-methyl/N-ethyl adjacent to an activating group) is 1. The van der Waals surface area contributed by atoms with Crippen LogP contribution in [0.4, 0.5) is 17.3 Å². The second kappa shape index (κ2) is 8.77. The number of hydrogen-bond donors (Lipinski definition) is 4. The Morgan fingerprint density at radius 2 is 1.91 bits per heavy atom. The van der Waals surface area contributed by atoms with E-state index in [1.165, 1.54) is 11.8 Å². The number of fused-ring (bicyclic) bond motifs is 1. The summed E-state index contributed by atoms with van der Waals surface area (Å²) in [7, 11) is 2.16. The molecule has 1 fully saturated rings. The molecule has 0 aliphatic carbocycles. The Bertz CT molecular complexity index is 1210. The average Bonchev–Trinajstić information content (AvgIpc) is 3.46. The van der Waals surface area contributed by atoms with E-state index < -0.39 is 0 Å². The molecule has 4 aromatic rings. The van der Waals surface area contributed by atoms with Gasteiger partial charge in [-0.15, -0.1) is 0 Å². The molecule has 32 heavy (non-hydrogen) atoms. The van der Waals surface area contributed by atoms with Crippen LogP contribution in [-0.2, 0) is 6.54 Å². The molecule has 1 saturated heterocycles. The summed E-state index contributed by atoms with van der Waals surface area (Å²) in [6.45, 7) is 5.26. The summed E-state index contributed by atoms with van der Waals surface area (Å²) in [6, 6.07) is 9.86. The van der Waals surface area contributed by atoms with Crippen molar-refractivity contribution in [1.29, 1.82) is 0 Å². The van der Waals surface area contributed by atoms with Crippen LogP contribution in [0.3, 0.4) is 0 Å². The summed E-state index contributed by atoms with van der Waals surface area (Å²) in [5.74, 6) is 0.0847. The monoisotopic (exact) mass is 431 g/mol. The van der Waals surface area contributed by atoms with Crippen LogP contribution in [0.15, 0.2) is 48.9 Å². The molecular weight excluding hydrogens is 406 g/mol. The van der Waals surface area contributed by atoms with E-state index in [4.69, 9.17) is 0 Å². The van der Waals surface area contributed by atoms with Crippen molar-refractivity contribution in [1.82, 2.24) is 34.9 Å². The number of nitrogens with one attached hydrogen (secondary N) is 4. The predicted octanol–water partition coefficient (Wildman–Crippen LogP) is 2.42. The van der Waals surface area contributed by atoms with Gasteiger partial charge >= 0.3 is 0 Å². The quantitative estimate of drug-likeness (QED) is 0.370. The molecule has 3 aromatic heterocycles. The van der Waals surface area contributed by atoms with Gasteiger partial charge < -0.3 is 20.5 Å². The summed E-state index contributed by atoms with van der Waals surface area (Å²) >= 11 is 0. The van der Waals surface area contributed by atoms with Crippen LogP contribution in [0.2, 0.25) is 0 Å². The zero-order valence-corrected chi connectivity index (χ0v) is 17.8. The molecule has 1 aromatic carbocycles. The molecule has 10 heteroatoms. The summed E-state index contributed by atoms with van der Waals surface area (Å²) in [4.78, 5) is 29.3. The highest BCUT2D eigenvalue weighted by Gasteiger charge is 2.16. The lowest BCUT2D eigenvalue weighted by atomic mass is 10.1. The third-order valence-electron chi connectivity index (χ3n) is 5.63. The first-order valence-electron chi connectivity index (χ1n) is 10.6. The maximum atomic E-state index is 12.8. The maximum absolute atomic E-state index is 12.8. The fourth-order valence-corrected chi connectivity index (χ4v) is 3.73. The molecule has 0 radical (unpaired) electrons. The Hall–Kier alpha value is -3.76. The number of piperazine rings is 1. The number of aromatic nitrogens is 5. The number of aromatic amines is 2. The van der Waals surface area contributed by atoms with Crippen molar-refractivity contribution in [3.63, 3.8) is 0 Å². The van der Waals surface area contributed by atoms with Gasteiger partial charge in [0, 0.05) is 56.2 Å². The minimum atomic E-state index is -0.294. The molecule has 1 aliphatic heterocycles. The van der Waals surface area contributed by atoms with Gasteiger partial charge in [0.15, 0.2) is 0 Å². The fourth-order valence-electron chi connectivity index (χ4n) is 3.73. The van der Waals surface area contributed by atoms with E-state index in [9.17, 15) is 4.79 Å². The number of H-pyrrole nitrogens is 2. The van der Waals surface area contributed by atoms with Gasteiger partial charge in [-0.25, -0.2) is 4.98 Å². The Kier molecular flexibility index (Phi) is 5.53. The van der Waals surface area contributed by atoms with Gasteiger partial charge in [0.1, 0.15) is 11.3 Å². The minimum absolute atomic E-state index is 0.294. The zero-order valence-electron chi connectivity index (χ0n) is 17.8. The Labute approximate surface area is 185 Å². The molecule has 0 atom stereocenters. The van der Waals surface area contributed by atoms with Crippen LogP contribution < -0.4 is 10.6 Å². The number of carbonyl (C=O) groups excluding carboxylic acids is 1. The first kappa shape index (κ1) is 20.2. The van der Waals surface area contributed by atoms with Crippen molar-refractivity contribution in [3.8, 4) is 0 Å². The van der Waals surface area contributed by atoms with E-state index in [0.717, 1.165) is 43.8 Å². The van der Waals surface area contributed by atoms with Gasteiger partial charge in [0.05, 0.1) is 11.9 Å². The molecule has 10 nitrogen and oxygen atoms in total. The van der Waals surface area contributed by atoms with E-state index in [-0.39, 0.29) is 5.91 Å². The molecule has 4 N–H and O–H groups in total. The zero-order chi connectivity index (χ0) is 21.9. The molecule has 5 rings (SSSR count). The molecule has 0 saturated carbocycles. The summed E-state index contributed by atoms with van der Waals surface area (Å²) < 4.78 is 0. The highest BCUT2D eigenvalue weighted by Crippen LogP contribution is 2.20. The van der Waals surface area contributed by atoms with Gasteiger partial charge in [-0.05, 0) is 30.8 Å². The largest absolute Gasteiger partial charge is 0.346 e. The molecule has 0 bridgehead atoms. The van der Waals surface area contributed by atoms with Gasteiger partial charge in [-0.3, -0.25) is 14.8 Å². The lowest BCUT2D eigenvalue weighted by Gasteiger charge is -2.32. The topological polar surface area (TPSA) is 118 Å². The van der Waals surface area contributed by atoms with Crippen molar-refractivity contribution in [2.75, 3.05) is 43.9 Å². The Morgan fingerprint density at radius 3 is 2.72 bits per heavy atom. The van der Waals surface area contributed by atoms with Crippen molar-refractivity contribution >= 4 is 34.3 Å². The van der Waals surface area contributed by atoms with E-state index in [1.807, 2.05) is 18.2 Å². The predicted molar refractivity (Wildman–Crippen MR) is 123 cm³/mol. The first-order valence-corrected chi connectivity index (χ1v) is 10.6. The number of carbonyl (C=O) groups is 1. The normalized spacial score (nSPS) is 15.2. The lowest BCUT2D eigenvalue weighted by Crippen LogP contribution is -2.43. The second-order valence-electron chi connectivity index (χ2n) is 7.99. The van der Waals surface area contributed by atoms with Crippen LogP contribution in [0.1, 0.15) is 16.1 Å². The van der Waals surface area contributed by atoms with Gasteiger partial charge in [0.2, 0.25) is 5.95 Å². The van der Waals surface area contributed by atoms with Crippen LogP contribution >= 0.6 is 0 Å². The lowest BCUT2D eigenvalue weighted by molar-refractivity contribution is 0.102. The molecule has 0 spiro atoms. The SMILES string of the molecule is CN1CCN(Cc2ccc(NC(=O)c3[nH]ncc3Nc3ncc4cc[nH]c4n3)cc2)CC1. The molecule has 0 unspecified atom stereocenters. The van der Waals surface area contributed by atoms with E-state index in [0.29, 0.717) is 23.0 Å². The third-order valence-corrected chi connectivity index (χ3v) is 5.63. The Balaban J connectivity index is 1.22. The van der Waals surface area contributed by atoms with Crippen molar-refractivity contribution in [2.24, 2.45) is 0 Å². The smallest absolute Gasteiger partial charge is 0.275 e. The molecule has 4 heterocycles. The maximum Gasteiger partial charge on any atom is 0.275 e. The van der Waals surface area contributed by atoms with Crippen molar-refractivity contribution < 1.29 is 4.79 Å². The van der Waals surface area contributed by atoms with Crippen LogP contribution in [-0.4, -0.2) is 74.1 Å². The molecule has 164 valence electrons. The van der Waals surface area contributed by atoms with E-state index in [2.05, 4.69) is 64.8 Å². The van der Waals surface area contributed by atoms with E-state index >= 15 is 0 Å². The first-order chi connectivity index (χ1) is 15.6. The van der Waals surface area contributed by atoms with Crippen molar-refractivity contribution in [2.45, 2.75) is 6.54 Å². The highest BCUT2D eigenvalue weighted by molar-refractivity contribution is 6.06. The highest BCUT2D eigenvalue weighted by atomic mass is 16.2. The van der Waals surface area contributed by atoms with Crippen LogP contribution in [0.5, 0.6) is 0 Å². The third kappa shape index (κ3) is 4.46. The van der Waals surface area contributed by atoms with E-state index in [1.54, 1.807) is 12.4 Å². The molecular formula is C22H25N9O. The van der Waals surface area contributed by atoms with Crippen LogP contribution in [0.25, 0.3) is 11.0 Å². The number of benzene rings is 1. The average molecular weight is 432 g/mol. The number of amides is 1. The van der Waals surface area contributed by atoms with Gasteiger partial charge in [-0.2, -0.15) is 10.1 Å². The van der Waals surface area contributed by atoms with Gasteiger partial charge in [-0.1, -0.05) is 12.1 Å². The van der Waals surface area contributed by atoms with Crippen molar-refractivity contribution in [3.05, 3.63) is 60.2 Å². The number of hydrogen-bond acceptors (Lipinski definition) is 7. The minimum Gasteiger partial charge on any atom is -0.346 e. The fraction of sp³-hybridized carbons (Fsp3) is 0.273. The standard InChI is InChI=1S/C22H25N9O/c1-30-8-10-31(11-9-30)14-15-2-4-17(5-3-15)26-21(32)19-18(13-25-29-19)27-22-24-12-16-6-7-23-20(16)28-22/h2-7,12-13H,8-11,14H2,1H3,(H,25,29)(H,26,32)(H2,23,24,27,28). The summed E-state index contributed by atoms with van der Waals surface area (Å²) in [5, 5.41) is 13.6. The second-order valence-corrected chi connectivity index (χ2v) is 7.99. The van der Waals surface area contributed by atoms with Crippen LogP contribution in [0, 0.1) is 0 Å². The number of anilines is 3. The molecule has 1 aliphatic rings. The van der Waals surface area contributed by atoms with Gasteiger partial charge in [0.25, 0.3) is 5.91 Å². The summed E-state index contributed by atoms with van der Waals surface area (Å²) in [5.41, 5.74) is 3.48. The summed E-state index contributed by atoms with van der Waals surface area (Å²) in [6.07, 6.45) is 5.05.